The van der Waals surface area contributed by atoms with Gasteiger partial charge in [0, 0.05) is 19.2 Å². The van der Waals surface area contributed by atoms with Gasteiger partial charge in [-0.25, -0.2) is 8.42 Å². The van der Waals surface area contributed by atoms with Crippen LogP contribution < -0.4 is 11.3 Å². The summed E-state index contributed by atoms with van der Waals surface area (Å²) in [5.74, 6) is 5.18. The minimum absolute atomic E-state index is 0.0594. The number of nitrogens with one attached hydrogen (secondary N) is 1. The van der Waals surface area contributed by atoms with Crippen molar-refractivity contribution in [1.29, 1.82) is 0 Å². The molecule has 0 radical (unpaired) electrons. The number of anilines is 1. The Morgan fingerprint density at radius 2 is 1.95 bits per heavy atom. The molecule has 0 spiro atoms. The molecule has 118 valence electrons. The van der Waals surface area contributed by atoms with E-state index in [1.807, 2.05) is 13.8 Å². The smallest absolute Gasteiger partial charge is 0.294 e. The zero-order chi connectivity index (χ0) is 16.2. The van der Waals surface area contributed by atoms with Gasteiger partial charge in [0.2, 0.25) is 10.0 Å². The third kappa shape index (κ3) is 3.49. The number of nitro benzene ring substituents is 1. The van der Waals surface area contributed by atoms with Crippen molar-refractivity contribution >= 4 is 21.4 Å². The number of nitrogen functional groups attached to an aromatic ring is 1. The molecule has 0 saturated carbocycles. The first kappa shape index (κ1) is 17.3. The number of benzene rings is 1. The lowest BCUT2D eigenvalue weighted by Gasteiger charge is -2.25. The Morgan fingerprint density at radius 3 is 2.38 bits per heavy atom. The number of nitro groups is 1. The van der Waals surface area contributed by atoms with E-state index in [-0.39, 0.29) is 22.3 Å². The van der Waals surface area contributed by atoms with Gasteiger partial charge in [0.1, 0.15) is 5.69 Å². The number of hydrogen-bond acceptors (Lipinski definition) is 6. The second kappa shape index (κ2) is 6.83. The molecule has 0 aliphatic carbocycles. The second-order valence-electron chi connectivity index (χ2n) is 4.57. The molecule has 0 atom stereocenters. The molecule has 8 nitrogen and oxygen atoms in total. The topological polar surface area (TPSA) is 119 Å². The minimum atomic E-state index is -3.78. The number of sulfonamides is 1. The summed E-state index contributed by atoms with van der Waals surface area (Å²) in [5, 5.41) is 11.0. The Balaban J connectivity index is 3.32. The number of hydrogen-bond donors (Lipinski definition) is 2. The number of rotatable bonds is 7. The summed E-state index contributed by atoms with van der Waals surface area (Å²) >= 11 is 0. The van der Waals surface area contributed by atoms with E-state index in [0.717, 1.165) is 6.07 Å². The molecule has 1 aromatic rings. The third-order valence-corrected chi connectivity index (χ3v) is 5.36. The number of nitrogens with two attached hydrogens (primary N) is 1. The lowest BCUT2D eigenvalue weighted by molar-refractivity contribution is -0.384. The molecule has 1 aromatic carbocycles. The molecular formula is C12H20N4O4S. The minimum Gasteiger partial charge on any atom is -0.318 e. The summed E-state index contributed by atoms with van der Waals surface area (Å²) in [6.45, 7) is 3.79. The highest BCUT2D eigenvalue weighted by Crippen LogP contribution is 2.29. The van der Waals surface area contributed by atoms with Crippen LogP contribution in [0, 0.1) is 10.1 Å². The van der Waals surface area contributed by atoms with Crippen molar-refractivity contribution in [2.75, 3.05) is 12.5 Å². The molecule has 3 N–H and O–H groups in total. The van der Waals surface area contributed by atoms with E-state index in [2.05, 4.69) is 5.43 Å². The molecule has 0 bridgehead atoms. The van der Waals surface area contributed by atoms with Gasteiger partial charge in [0.15, 0.2) is 0 Å². The average molecular weight is 316 g/mol. The summed E-state index contributed by atoms with van der Waals surface area (Å²) in [7, 11) is -2.30. The standard InChI is InChI=1S/C12H20N4O4S/c1-4-9(5-2)15(3)21(19,20)10-6-7-11(14-13)12(8-10)16(17)18/h6-9,14H,4-5,13H2,1-3H3. The summed E-state index contributed by atoms with van der Waals surface area (Å²) < 4.78 is 26.3. The largest absolute Gasteiger partial charge is 0.318 e. The van der Waals surface area contributed by atoms with Crippen LogP contribution in [0.1, 0.15) is 26.7 Å². The van der Waals surface area contributed by atoms with Crippen molar-refractivity contribution in [1.82, 2.24) is 4.31 Å². The first-order valence-corrected chi connectivity index (χ1v) is 7.96. The Bertz CT molecular complexity index is 614. The van der Waals surface area contributed by atoms with E-state index in [9.17, 15) is 18.5 Å². The highest BCUT2D eigenvalue weighted by atomic mass is 32.2. The van der Waals surface area contributed by atoms with Crippen LogP contribution in [-0.4, -0.2) is 30.7 Å². The summed E-state index contributed by atoms with van der Waals surface area (Å²) in [4.78, 5) is 10.2. The lowest BCUT2D eigenvalue weighted by Crippen LogP contribution is -2.36. The van der Waals surface area contributed by atoms with Crippen molar-refractivity contribution in [2.24, 2.45) is 5.84 Å². The van der Waals surface area contributed by atoms with E-state index in [1.54, 1.807) is 0 Å². The number of nitrogens with zero attached hydrogens (tertiary/aromatic N) is 2. The molecule has 9 heteroatoms. The zero-order valence-electron chi connectivity index (χ0n) is 12.2. The van der Waals surface area contributed by atoms with Gasteiger partial charge < -0.3 is 5.43 Å². The molecule has 0 aliphatic heterocycles. The molecule has 0 fully saturated rings. The van der Waals surface area contributed by atoms with Crippen LogP contribution in [0.3, 0.4) is 0 Å². The van der Waals surface area contributed by atoms with Gasteiger partial charge in [-0.1, -0.05) is 13.8 Å². The predicted molar refractivity (Wildman–Crippen MR) is 80.2 cm³/mol. The van der Waals surface area contributed by atoms with Crippen LogP contribution in [0.15, 0.2) is 23.1 Å². The van der Waals surface area contributed by atoms with Crippen LogP contribution in [0.4, 0.5) is 11.4 Å². The van der Waals surface area contributed by atoms with E-state index in [1.165, 1.54) is 23.5 Å². The molecular weight excluding hydrogens is 296 g/mol. The van der Waals surface area contributed by atoms with Crippen LogP contribution in [0.25, 0.3) is 0 Å². The van der Waals surface area contributed by atoms with Gasteiger partial charge >= 0.3 is 0 Å². The fraction of sp³-hybridized carbons (Fsp3) is 0.500. The second-order valence-corrected chi connectivity index (χ2v) is 6.57. The molecule has 1 rings (SSSR count). The summed E-state index contributed by atoms with van der Waals surface area (Å²) in [6, 6.07) is 3.45. The van der Waals surface area contributed by atoms with Gasteiger partial charge in [-0.15, -0.1) is 0 Å². The van der Waals surface area contributed by atoms with Crippen molar-refractivity contribution in [3.05, 3.63) is 28.3 Å². The Hall–Kier alpha value is -1.71. The predicted octanol–water partition coefficient (Wildman–Crippen LogP) is 1.69. The SMILES string of the molecule is CCC(CC)N(C)S(=O)(=O)c1ccc(NN)c([N+](=O)[O-])c1. The van der Waals surface area contributed by atoms with Crippen LogP contribution >= 0.6 is 0 Å². The maximum atomic E-state index is 12.5. The van der Waals surface area contributed by atoms with Gasteiger partial charge in [-0.2, -0.15) is 4.31 Å². The normalized spacial score (nSPS) is 11.9. The quantitative estimate of drug-likeness (QED) is 0.449. The van der Waals surface area contributed by atoms with Crippen molar-refractivity contribution < 1.29 is 13.3 Å². The van der Waals surface area contributed by atoms with Crippen molar-refractivity contribution in [3.8, 4) is 0 Å². The van der Waals surface area contributed by atoms with Crippen LogP contribution in [0.5, 0.6) is 0 Å². The third-order valence-electron chi connectivity index (χ3n) is 3.46. The molecule has 0 unspecified atom stereocenters. The molecule has 21 heavy (non-hydrogen) atoms. The van der Waals surface area contributed by atoms with Gasteiger partial charge in [-0.3, -0.25) is 16.0 Å². The summed E-state index contributed by atoms with van der Waals surface area (Å²) in [5.41, 5.74) is 1.86. The molecule has 0 saturated heterocycles. The Kier molecular flexibility index (Phi) is 5.64. The van der Waals surface area contributed by atoms with E-state index in [0.29, 0.717) is 12.8 Å². The highest BCUT2D eigenvalue weighted by molar-refractivity contribution is 7.89. The van der Waals surface area contributed by atoms with E-state index < -0.39 is 14.9 Å². The van der Waals surface area contributed by atoms with Gasteiger partial charge in [0.25, 0.3) is 5.69 Å². The monoisotopic (exact) mass is 316 g/mol. The van der Waals surface area contributed by atoms with Crippen LogP contribution in [0.2, 0.25) is 0 Å². The first-order chi connectivity index (χ1) is 9.79. The lowest BCUT2D eigenvalue weighted by atomic mass is 10.2. The molecule has 0 amide bonds. The number of hydrazine groups is 1. The van der Waals surface area contributed by atoms with Crippen molar-refractivity contribution in [2.45, 2.75) is 37.6 Å². The maximum absolute atomic E-state index is 12.5. The van der Waals surface area contributed by atoms with E-state index in [4.69, 9.17) is 5.84 Å². The van der Waals surface area contributed by atoms with Gasteiger partial charge in [-0.05, 0) is 25.0 Å². The fourth-order valence-corrected chi connectivity index (χ4v) is 3.63. The Morgan fingerprint density at radius 1 is 1.38 bits per heavy atom. The zero-order valence-corrected chi connectivity index (χ0v) is 13.1. The fourth-order valence-electron chi connectivity index (χ4n) is 2.11. The average Bonchev–Trinajstić information content (AvgIpc) is 2.47. The van der Waals surface area contributed by atoms with E-state index >= 15 is 0 Å². The maximum Gasteiger partial charge on any atom is 0.294 e. The highest BCUT2D eigenvalue weighted by Gasteiger charge is 2.28. The first-order valence-electron chi connectivity index (χ1n) is 6.52. The van der Waals surface area contributed by atoms with Crippen LogP contribution in [-0.2, 0) is 10.0 Å². The Labute approximate surface area is 124 Å². The molecule has 0 aromatic heterocycles. The van der Waals surface area contributed by atoms with Gasteiger partial charge in [0.05, 0.1) is 9.82 Å². The molecule has 0 aliphatic rings. The summed E-state index contributed by atoms with van der Waals surface area (Å²) in [6.07, 6.45) is 1.33. The molecule has 0 heterocycles. The van der Waals surface area contributed by atoms with Crippen molar-refractivity contribution in [3.63, 3.8) is 0 Å².